The SMILES string of the molecule is Cc1ncn(Cc2cnc(Cl)s2)c(=O)c1I. The number of aromatic nitrogens is 3. The van der Waals surface area contributed by atoms with E-state index in [2.05, 4.69) is 9.97 Å². The predicted octanol–water partition coefficient (Wildman–Crippen LogP) is 2.31. The van der Waals surface area contributed by atoms with Crippen molar-refractivity contribution in [3.63, 3.8) is 0 Å². The molecule has 84 valence electrons. The summed E-state index contributed by atoms with van der Waals surface area (Å²) in [5.41, 5.74) is 0.724. The number of aryl methyl sites for hydroxylation is 1. The maximum absolute atomic E-state index is 11.9. The highest BCUT2D eigenvalue weighted by atomic mass is 127. The van der Waals surface area contributed by atoms with Gasteiger partial charge in [0, 0.05) is 11.1 Å². The van der Waals surface area contributed by atoms with Crippen LogP contribution in [-0.4, -0.2) is 14.5 Å². The fraction of sp³-hybridized carbons (Fsp3) is 0.222. The van der Waals surface area contributed by atoms with Gasteiger partial charge in [-0.25, -0.2) is 9.97 Å². The molecule has 0 unspecified atom stereocenters. The molecule has 0 aliphatic heterocycles. The van der Waals surface area contributed by atoms with Gasteiger partial charge in [-0.3, -0.25) is 9.36 Å². The molecule has 0 spiro atoms. The third-order valence-electron chi connectivity index (χ3n) is 2.01. The molecule has 0 bridgehead atoms. The highest BCUT2D eigenvalue weighted by Gasteiger charge is 2.07. The molecule has 7 heteroatoms. The van der Waals surface area contributed by atoms with Crippen LogP contribution in [0.2, 0.25) is 4.47 Å². The van der Waals surface area contributed by atoms with Gasteiger partial charge < -0.3 is 0 Å². The average Bonchev–Trinajstić information content (AvgIpc) is 2.65. The van der Waals surface area contributed by atoms with Crippen LogP contribution in [0.15, 0.2) is 17.3 Å². The van der Waals surface area contributed by atoms with Gasteiger partial charge in [0.15, 0.2) is 4.47 Å². The van der Waals surface area contributed by atoms with Crippen molar-refractivity contribution >= 4 is 45.5 Å². The number of thiazole rings is 1. The quantitative estimate of drug-likeness (QED) is 0.765. The maximum Gasteiger partial charge on any atom is 0.267 e. The Morgan fingerprint density at radius 2 is 2.31 bits per heavy atom. The predicted molar refractivity (Wildman–Crippen MR) is 72.2 cm³/mol. The van der Waals surface area contributed by atoms with Crippen molar-refractivity contribution in [1.82, 2.24) is 14.5 Å². The van der Waals surface area contributed by atoms with Crippen molar-refractivity contribution < 1.29 is 0 Å². The van der Waals surface area contributed by atoms with Crippen LogP contribution >= 0.6 is 45.5 Å². The Kier molecular flexibility index (Phi) is 3.60. The normalized spacial score (nSPS) is 10.7. The first-order chi connectivity index (χ1) is 7.58. The summed E-state index contributed by atoms with van der Waals surface area (Å²) in [5, 5.41) is 0. The molecule has 16 heavy (non-hydrogen) atoms. The van der Waals surface area contributed by atoms with Gasteiger partial charge in [0.05, 0.1) is 22.1 Å². The number of halogens is 2. The minimum atomic E-state index is -0.0300. The second kappa shape index (κ2) is 4.80. The summed E-state index contributed by atoms with van der Waals surface area (Å²) in [4.78, 5) is 20.9. The van der Waals surface area contributed by atoms with Gasteiger partial charge >= 0.3 is 0 Å². The van der Waals surface area contributed by atoms with Crippen molar-refractivity contribution in [2.45, 2.75) is 13.5 Å². The minimum absolute atomic E-state index is 0.0300. The lowest BCUT2D eigenvalue weighted by atomic mass is 10.4. The summed E-state index contributed by atoms with van der Waals surface area (Å²) in [6.07, 6.45) is 3.22. The number of hydrogen-bond acceptors (Lipinski definition) is 4. The lowest BCUT2D eigenvalue weighted by molar-refractivity contribution is 0.731. The van der Waals surface area contributed by atoms with Crippen LogP contribution < -0.4 is 5.56 Å². The lowest BCUT2D eigenvalue weighted by Gasteiger charge is -2.04. The van der Waals surface area contributed by atoms with Gasteiger partial charge in [0.2, 0.25) is 0 Å². The summed E-state index contributed by atoms with van der Waals surface area (Å²) >= 11 is 9.10. The van der Waals surface area contributed by atoms with Gasteiger partial charge in [-0.1, -0.05) is 11.6 Å². The zero-order valence-corrected chi connectivity index (χ0v) is 12.0. The summed E-state index contributed by atoms with van der Waals surface area (Å²) in [6.45, 7) is 2.28. The van der Waals surface area contributed by atoms with E-state index in [-0.39, 0.29) is 5.56 Å². The highest BCUT2D eigenvalue weighted by molar-refractivity contribution is 14.1. The molecule has 0 radical (unpaired) electrons. The average molecular weight is 368 g/mol. The Labute approximate surface area is 114 Å². The standard InChI is InChI=1S/C9H7ClIN3OS/c1-5-7(11)8(15)14(4-13-5)3-6-2-12-9(10)16-6/h2,4H,3H2,1H3. The third-order valence-corrected chi connectivity index (χ3v) is 4.35. The van der Waals surface area contributed by atoms with E-state index in [0.717, 1.165) is 10.6 Å². The van der Waals surface area contributed by atoms with E-state index >= 15 is 0 Å². The molecule has 0 amide bonds. The molecule has 4 nitrogen and oxygen atoms in total. The van der Waals surface area contributed by atoms with Crippen LogP contribution in [0, 0.1) is 10.5 Å². The first-order valence-electron chi connectivity index (χ1n) is 4.39. The van der Waals surface area contributed by atoms with Crippen molar-refractivity contribution in [2.24, 2.45) is 0 Å². The van der Waals surface area contributed by atoms with E-state index in [1.807, 2.05) is 29.5 Å². The number of nitrogens with zero attached hydrogens (tertiary/aromatic N) is 3. The Balaban J connectivity index is 2.36. The van der Waals surface area contributed by atoms with Crippen LogP contribution in [-0.2, 0) is 6.54 Å². The molecule has 0 saturated heterocycles. The molecule has 0 saturated carbocycles. The smallest absolute Gasteiger partial charge is 0.267 e. The summed E-state index contributed by atoms with van der Waals surface area (Å²) in [5.74, 6) is 0. The van der Waals surface area contributed by atoms with E-state index in [0.29, 0.717) is 14.6 Å². The largest absolute Gasteiger partial charge is 0.293 e. The molecule has 0 aliphatic carbocycles. The summed E-state index contributed by atoms with van der Waals surface area (Å²) in [6, 6.07) is 0. The highest BCUT2D eigenvalue weighted by Crippen LogP contribution is 2.18. The topological polar surface area (TPSA) is 47.8 Å². The fourth-order valence-corrected chi connectivity index (χ4v) is 2.61. The van der Waals surface area contributed by atoms with Crippen LogP contribution in [0.1, 0.15) is 10.6 Å². The molecule has 0 aliphatic rings. The second-order valence-electron chi connectivity index (χ2n) is 3.16. The summed E-state index contributed by atoms with van der Waals surface area (Å²) in [7, 11) is 0. The second-order valence-corrected chi connectivity index (χ2v) is 5.93. The minimum Gasteiger partial charge on any atom is -0.293 e. The Hall–Kier alpha value is -0.470. The molecule has 0 atom stereocenters. The Morgan fingerprint density at radius 3 is 2.94 bits per heavy atom. The van der Waals surface area contributed by atoms with Crippen LogP contribution in [0.25, 0.3) is 0 Å². The van der Waals surface area contributed by atoms with Crippen molar-refractivity contribution in [3.05, 3.63) is 41.5 Å². The molecule has 0 fully saturated rings. The lowest BCUT2D eigenvalue weighted by Crippen LogP contribution is -2.24. The van der Waals surface area contributed by atoms with E-state index in [1.54, 1.807) is 17.1 Å². The van der Waals surface area contributed by atoms with Gasteiger partial charge in [-0.15, -0.1) is 11.3 Å². The maximum atomic E-state index is 11.9. The first-order valence-corrected chi connectivity index (χ1v) is 6.67. The monoisotopic (exact) mass is 367 g/mol. The third kappa shape index (κ3) is 2.44. The molecule has 0 aromatic carbocycles. The van der Waals surface area contributed by atoms with E-state index in [4.69, 9.17) is 11.6 Å². The van der Waals surface area contributed by atoms with Gasteiger partial charge in [-0.2, -0.15) is 0 Å². The van der Waals surface area contributed by atoms with E-state index < -0.39 is 0 Å². The molecule has 2 aromatic rings. The molecule has 0 N–H and O–H groups in total. The number of hydrogen-bond donors (Lipinski definition) is 0. The van der Waals surface area contributed by atoms with Crippen molar-refractivity contribution in [2.75, 3.05) is 0 Å². The first kappa shape index (κ1) is 12.0. The van der Waals surface area contributed by atoms with Crippen molar-refractivity contribution in [3.8, 4) is 0 Å². The zero-order valence-electron chi connectivity index (χ0n) is 8.28. The van der Waals surface area contributed by atoms with E-state index in [9.17, 15) is 4.79 Å². The number of rotatable bonds is 2. The summed E-state index contributed by atoms with van der Waals surface area (Å²) < 4.78 is 2.69. The van der Waals surface area contributed by atoms with E-state index in [1.165, 1.54) is 11.3 Å². The van der Waals surface area contributed by atoms with Gasteiger partial charge in [-0.05, 0) is 29.5 Å². The zero-order chi connectivity index (χ0) is 11.7. The van der Waals surface area contributed by atoms with Crippen LogP contribution in [0.4, 0.5) is 0 Å². The Morgan fingerprint density at radius 1 is 1.56 bits per heavy atom. The fourth-order valence-electron chi connectivity index (χ4n) is 1.18. The molecule has 2 heterocycles. The molecular weight excluding hydrogens is 361 g/mol. The molecule has 2 aromatic heterocycles. The molecular formula is C9H7ClIN3OS. The van der Waals surface area contributed by atoms with Crippen LogP contribution in [0.5, 0.6) is 0 Å². The molecule has 2 rings (SSSR count). The van der Waals surface area contributed by atoms with Crippen LogP contribution in [0.3, 0.4) is 0 Å². The van der Waals surface area contributed by atoms with Crippen molar-refractivity contribution in [1.29, 1.82) is 0 Å². The Bertz CT molecular complexity index is 580. The van der Waals surface area contributed by atoms with Gasteiger partial charge in [0.1, 0.15) is 0 Å². The van der Waals surface area contributed by atoms with Gasteiger partial charge in [0.25, 0.3) is 5.56 Å².